The maximum atomic E-state index is 2.27. The molecular weight excluding hydrogens is 261 g/mol. The van der Waals surface area contributed by atoms with Gasteiger partial charge in [0.2, 0.25) is 0 Å². The Morgan fingerprint density at radius 2 is 2.22 bits per heavy atom. The van der Waals surface area contributed by atoms with E-state index >= 15 is 0 Å². The Balaban J connectivity index is 2.95. The van der Waals surface area contributed by atoms with Gasteiger partial charge in [0.15, 0.2) is 0 Å². The van der Waals surface area contributed by atoms with Gasteiger partial charge in [0.05, 0.1) is 0 Å². The summed E-state index contributed by atoms with van der Waals surface area (Å²) in [6.07, 6.45) is 0. The monoisotopic (exact) mass is 267 g/mol. The van der Waals surface area contributed by atoms with Gasteiger partial charge in [0.25, 0.3) is 0 Å². The minimum absolute atomic E-state index is 0.802. The van der Waals surface area contributed by atoms with Crippen LogP contribution in [0.2, 0.25) is 0 Å². The summed E-state index contributed by atoms with van der Waals surface area (Å²) >= 11 is 1.60. The van der Waals surface area contributed by atoms with E-state index in [0.29, 0.717) is 0 Å². The second kappa shape index (κ2) is 2.66. The molecule has 1 aromatic carbocycles. The number of hydrogen-bond acceptors (Lipinski definition) is 0. The van der Waals surface area contributed by atoms with Crippen molar-refractivity contribution in [2.45, 2.75) is 0 Å². The van der Waals surface area contributed by atoms with Crippen LogP contribution in [0.15, 0.2) is 24.3 Å². The molecule has 0 bridgehead atoms. The first kappa shape index (κ1) is 6.28. The molecule has 0 spiro atoms. The fourth-order valence-electron chi connectivity index (χ4n) is 0.700. The van der Waals surface area contributed by atoms with Crippen molar-refractivity contribution in [2.75, 3.05) is 0 Å². The second-order valence-electron chi connectivity index (χ2n) is 1.70. The molecule has 0 unspecified atom stereocenters. The molecule has 0 atom stereocenters. The Morgan fingerprint density at radius 3 is 3.11 bits per heavy atom. The first-order chi connectivity index (χ1) is 4.47. The summed E-state index contributed by atoms with van der Waals surface area (Å²) in [5, 5.41) is 0. The molecule has 0 aliphatic carbocycles. The fraction of sp³-hybridized carbons (Fsp3) is 0. The van der Waals surface area contributed by atoms with Gasteiger partial charge in [0, 0.05) is 0 Å². The maximum absolute atomic E-state index is 2.27. The molecule has 0 radical (unpaired) electrons. The van der Waals surface area contributed by atoms with Crippen molar-refractivity contribution in [3.63, 3.8) is 0 Å². The van der Waals surface area contributed by atoms with E-state index < -0.39 is 0 Å². The summed E-state index contributed by atoms with van der Waals surface area (Å²) in [6.45, 7) is 0. The minimum atomic E-state index is 0.802. The van der Waals surface area contributed by atoms with Crippen LogP contribution in [0.3, 0.4) is 0 Å². The van der Waals surface area contributed by atoms with Crippen molar-refractivity contribution in [1.82, 2.24) is 0 Å². The molecule has 44 valence electrons. The van der Waals surface area contributed by atoms with Crippen LogP contribution in [0.1, 0.15) is 0 Å². The molecule has 0 saturated carbocycles. The van der Waals surface area contributed by atoms with Crippen molar-refractivity contribution in [2.24, 2.45) is 0 Å². The van der Waals surface area contributed by atoms with E-state index in [1.165, 1.54) is 0 Å². The summed E-state index contributed by atoms with van der Waals surface area (Å²) in [4.78, 5) is 0. The molecule has 3 heteroatoms. The zero-order valence-corrected chi connectivity index (χ0v) is 8.89. The normalized spacial score (nSPS) is 11.1. The zero-order chi connectivity index (χ0) is 6.10. The van der Waals surface area contributed by atoms with Crippen LogP contribution in [0, 0.1) is 0 Å². The van der Waals surface area contributed by atoms with Gasteiger partial charge in [-0.1, -0.05) is 0 Å². The van der Waals surface area contributed by atoms with Gasteiger partial charge in [-0.15, -0.1) is 0 Å². The Kier molecular flexibility index (Phi) is 1.86. The molecule has 0 saturated heterocycles. The summed E-state index contributed by atoms with van der Waals surface area (Å²) in [5.74, 6) is 0. The van der Waals surface area contributed by atoms with Gasteiger partial charge in [-0.05, 0) is 0 Å². The van der Waals surface area contributed by atoms with Gasteiger partial charge in [0.1, 0.15) is 0 Å². The third kappa shape index (κ3) is 1.19. The third-order valence-corrected chi connectivity index (χ3v) is 12.1. The molecule has 1 aromatic heterocycles. The van der Waals surface area contributed by atoms with Crippen LogP contribution in [0.4, 0.5) is 0 Å². The van der Waals surface area contributed by atoms with Crippen molar-refractivity contribution in [3.8, 4) is 0 Å². The predicted molar refractivity (Wildman–Crippen MR) is 44.7 cm³/mol. The molecule has 0 fully saturated rings. The average Bonchev–Trinajstić information content (AvgIpc) is 2.33. The molecule has 0 N–H and O–H groups in total. The van der Waals surface area contributed by atoms with Crippen LogP contribution < -0.4 is 0 Å². The Morgan fingerprint density at radius 1 is 1.33 bits per heavy atom. The molecule has 0 amide bonds. The van der Waals surface area contributed by atoms with Crippen molar-refractivity contribution in [3.05, 3.63) is 24.3 Å². The molecule has 1 heterocycles. The van der Waals surface area contributed by atoms with E-state index in [4.69, 9.17) is 0 Å². The number of fused-ring (bicyclic) bond motifs is 1. The van der Waals surface area contributed by atoms with Gasteiger partial charge in [-0.25, -0.2) is 0 Å². The summed E-state index contributed by atoms with van der Waals surface area (Å²) in [7, 11) is 0. The van der Waals surface area contributed by atoms with Crippen molar-refractivity contribution >= 4 is 42.1 Å². The van der Waals surface area contributed by atoms with Gasteiger partial charge >= 0.3 is 66.4 Å². The number of rotatable bonds is 0. The van der Waals surface area contributed by atoms with Crippen LogP contribution in [0.25, 0.3) is 8.52 Å². The predicted octanol–water partition coefficient (Wildman–Crippen LogP) is 1.81. The number of benzene rings is 1. The Labute approximate surface area is 66.3 Å². The molecule has 9 heavy (non-hydrogen) atoms. The van der Waals surface area contributed by atoms with Crippen molar-refractivity contribution in [1.29, 1.82) is 0 Å². The SMILES string of the molecule is c1ccc2[se+]p[se]c2c1. The van der Waals surface area contributed by atoms with Crippen LogP contribution in [-0.4, -0.2) is 28.1 Å². The van der Waals surface area contributed by atoms with E-state index in [9.17, 15) is 0 Å². The molecular formula is C6H4PSe2+. The van der Waals surface area contributed by atoms with E-state index in [2.05, 4.69) is 24.3 Å². The molecule has 2 aromatic rings. The summed E-state index contributed by atoms with van der Waals surface area (Å²) < 4.78 is 3.29. The zero-order valence-electron chi connectivity index (χ0n) is 4.57. The Bertz CT molecular complexity index is 285. The van der Waals surface area contributed by atoms with Gasteiger partial charge in [-0.2, -0.15) is 0 Å². The first-order valence-corrected chi connectivity index (χ1v) is 9.64. The molecule has 0 nitrogen and oxygen atoms in total. The van der Waals surface area contributed by atoms with Gasteiger partial charge < -0.3 is 0 Å². The van der Waals surface area contributed by atoms with E-state index in [1.807, 2.05) is 0 Å². The third-order valence-electron chi connectivity index (χ3n) is 1.12. The Hall–Kier alpha value is 0.559. The van der Waals surface area contributed by atoms with Crippen molar-refractivity contribution < 1.29 is 0 Å². The fourth-order valence-corrected chi connectivity index (χ4v) is 13.9. The topological polar surface area (TPSA) is 0 Å². The number of hydrogen-bond donors (Lipinski definition) is 0. The van der Waals surface area contributed by atoms with Crippen LogP contribution in [-0.2, 0) is 0 Å². The van der Waals surface area contributed by atoms with E-state index in [1.54, 1.807) is 14.0 Å². The van der Waals surface area contributed by atoms with E-state index in [0.717, 1.165) is 28.1 Å². The standard InChI is InChI=1S/C6H4PSe2/c1-2-4-6-5(3-1)8-7-9-6/h1-4H/q+1. The average molecular weight is 265 g/mol. The van der Waals surface area contributed by atoms with Crippen LogP contribution >= 0.6 is 5.51 Å². The summed E-state index contributed by atoms with van der Waals surface area (Å²) in [6, 6.07) is 8.85. The quantitative estimate of drug-likeness (QED) is 0.637. The van der Waals surface area contributed by atoms with E-state index in [-0.39, 0.29) is 0 Å². The first-order valence-electron chi connectivity index (χ1n) is 2.60. The van der Waals surface area contributed by atoms with Crippen LogP contribution in [0.5, 0.6) is 0 Å². The molecule has 0 aliphatic heterocycles. The molecule has 0 aliphatic rings. The second-order valence-corrected chi connectivity index (χ2v) is 12.2. The molecule has 2 rings (SSSR count). The summed E-state index contributed by atoms with van der Waals surface area (Å²) in [5.41, 5.74) is 1.70. The van der Waals surface area contributed by atoms with Gasteiger partial charge in [-0.3, -0.25) is 0 Å².